The van der Waals surface area contributed by atoms with Gasteiger partial charge in [-0.2, -0.15) is 0 Å². The molecule has 7 heteroatoms. The van der Waals surface area contributed by atoms with Gasteiger partial charge in [-0.25, -0.2) is 0 Å². The van der Waals surface area contributed by atoms with Gasteiger partial charge in [0.2, 0.25) is 5.91 Å². The molecule has 1 heterocycles. The smallest absolute Gasteiger partial charge is 0.254 e. The number of carbonyl (C=O) groups is 2. The van der Waals surface area contributed by atoms with Crippen LogP contribution in [0.25, 0.3) is 11.1 Å². The van der Waals surface area contributed by atoms with Crippen molar-refractivity contribution in [1.82, 2.24) is 14.7 Å². The number of ether oxygens (including phenoxy) is 1. The van der Waals surface area contributed by atoms with Gasteiger partial charge in [-0.15, -0.1) is 0 Å². The van der Waals surface area contributed by atoms with Gasteiger partial charge in [-0.05, 0) is 55.8 Å². The minimum Gasteiger partial charge on any atom is -0.394 e. The number of hydrogen-bond acceptors (Lipinski definition) is 5. The number of aliphatic hydroxyl groups is 1. The maximum atomic E-state index is 14.0. The molecule has 0 fully saturated rings. The summed E-state index contributed by atoms with van der Waals surface area (Å²) in [5.74, 6) is -0.203. The third kappa shape index (κ3) is 7.22. The summed E-state index contributed by atoms with van der Waals surface area (Å²) in [5.41, 5.74) is 4.49. The minimum atomic E-state index is -0.377. The van der Waals surface area contributed by atoms with Crippen molar-refractivity contribution in [1.29, 1.82) is 0 Å². The van der Waals surface area contributed by atoms with E-state index in [9.17, 15) is 14.7 Å². The van der Waals surface area contributed by atoms with E-state index in [0.29, 0.717) is 31.7 Å². The summed E-state index contributed by atoms with van der Waals surface area (Å²) >= 11 is 0. The Bertz CT molecular complexity index is 1310. The summed E-state index contributed by atoms with van der Waals surface area (Å²) in [4.78, 5) is 33.2. The van der Waals surface area contributed by atoms with Crippen molar-refractivity contribution < 1.29 is 19.4 Å². The lowest BCUT2D eigenvalue weighted by molar-refractivity contribution is -0.137. The van der Waals surface area contributed by atoms with E-state index in [1.165, 1.54) is 0 Å². The largest absolute Gasteiger partial charge is 0.394 e. The maximum absolute atomic E-state index is 14.0. The molecule has 3 aromatic carbocycles. The fourth-order valence-electron chi connectivity index (χ4n) is 5.49. The SMILES string of the molecule is C[C@H]1CN([C@@H](C)CO)C(=O)c2ccccc2-c2ccccc2CO[C@@H]1CN(C)C(=O)[C@@H](Cc1ccccc1)N(C)C. The summed E-state index contributed by atoms with van der Waals surface area (Å²) in [7, 11) is 5.69. The fourth-order valence-corrected chi connectivity index (χ4v) is 5.49. The number of carbonyl (C=O) groups excluding carboxylic acids is 2. The van der Waals surface area contributed by atoms with Gasteiger partial charge in [0.05, 0.1) is 31.4 Å². The Morgan fingerprint density at radius 3 is 2.22 bits per heavy atom. The lowest BCUT2D eigenvalue weighted by Crippen LogP contribution is -2.50. The molecular formula is C34H43N3O4. The van der Waals surface area contributed by atoms with Crippen LogP contribution in [0.1, 0.15) is 35.3 Å². The highest BCUT2D eigenvalue weighted by Gasteiger charge is 2.32. The molecule has 0 aromatic heterocycles. The van der Waals surface area contributed by atoms with Gasteiger partial charge in [0.1, 0.15) is 0 Å². The van der Waals surface area contributed by atoms with Crippen molar-refractivity contribution in [3.05, 3.63) is 95.6 Å². The van der Waals surface area contributed by atoms with E-state index >= 15 is 0 Å². The molecule has 1 aliphatic rings. The Morgan fingerprint density at radius 2 is 1.56 bits per heavy atom. The average Bonchev–Trinajstić information content (AvgIpc) is 3.01. The van der Waals surface area contributed by atoms with Gasteiger partial charge in [-0.1, -0.05) is 79.7 Å². The molecule has 0 saturated carbocycles. The van der Waals surface area contributed by atoms with Gasteiger partial charge in [0.15, 0.2) is 0 Å². The van der Waals surface area contributed by atoms with Gasteiger partial charge >= 0.3 is 0 Å². The number of likely N-dealkylation sites (N-methyl/N-ethyl adjacent to an activating group) is 2. The molecule has 0 saturated heterocycles. The molecule has 1 aliphatic heterocycles. The predicted octanol–water partition coefficient (Wildman–Crippen LogP) is 4.34. The Kier molecular flexibility index (Phi) is 10.3. The molecule has 0 unspecified atom stereocenters. The van der Waals surface area contributed by atoms with Crippen LogP contribution in [0.3, 0.4) is 0 Å². The zero-order valence-corrected chi connectivity index (χ0v) is 24.9. The van der Waals surface area contributed by atoms with Crippen LogP contribution in [0, 0.1) is 5.92 Å². The first kappa shape index (κ1) is 30.4. The lowest BCUT2D eigenvalue weighted by Gasteiger charge is -2.36. The number of benzene rings is 3. The third-order valence-corrected chi connectivity index (χ3v) is 8.10. The van der Waals surface area contributed by atoms with Crippen molar-refractivity contribution in [2.45, 2.75) is 45.1 Å². The Morgan fingerprint density at radius 1 is 0.951 bits per heavy atom. The van der Waals surface area contributed by atoms with Crippen LogP contribution in [-0.4, -0.2) is 90.6 Å². The van der Waals surface area contributed by atoms with Crippen molar-refractivity contribution in [3.8, 4) is 11.1 Å². The van der Waals surface area contributed by atoms with E-state index < -0.39 is 0 Å². The van der Waals surface area contributed by atoms with Gasteiger partial charge in [0, 0.05) is 31.6 Å². The molecule has 0 aliphatic carbocycles. The summed E-state index contributed by atoms with van der Waals surface area (Å²) in [6, 6.07) is 25.0. The molecule has 2 amide bonds. The number of amides is 2. The van der Waals surface area contributed by atoms with Crippen molar-refractivity contribution in [3.63, 3.8) is 0 Å². The van der Waals surface area contributed by atoms with Crippen LogP contribution >= 0.6 is 0 Å². The molecule has 0 spiro atoms. The predicted molar refractivity (Wildman–Crippen MR) is 162 cm³/mol. The normalized spacial score (nSPS) is 19.1. The van der Waals surface area contributed by atoms with Crippen molar-refractivity contribution >= 4 is 11.8 Å². The summed E-state index contributed by atoms with van der Waals surface area (Å²) in [5, 5.41) is 10.1. The van der Waals surface area contributed by atoms with E-state index in [1.54, 1.807) is 9.80 Å². The van der Waals surface area contributed by atoms with E-state index in [2.05, 4.69) is 6.92 Å². The third-order valence-electron chi connectivity index (χ3n) is 8.10. The number of fused-ring (bicyclic) bond motifs is 3. The fraction of sp³-hybridized carbons (Fsp3) is 0.412. The molecule has 7 nitrogen and oxygen atoms in total. The van der Waals surface area contributed by atoms with Crippen LogP contribution in [0.2, 0.25) is 0 Å². The first-order chi connectivity index (χ1) is 19.7. The monoisotopic (exact) mass is 557 g/mol. The minimum absolute atomic E-state index is 0.0217. The van der Waals surface area contributed by atoms with Crippen molar-refractivity contribution in [2.75, 3.05) is 40.8 Å². The second-order valence-electron chi connectivity index (χ2n) is 11.4. The summed E-state index contributed by atoms with van der Waals surface area (Å²) in [6.07, 6.45) is 0.277. The molecule has 218 valence electrons. The van der Waals surface area contributed by atoms with Crippen LogP contribution in [0.15, 0.2) is 78.9 Å². The molecule has 1 N–H and O–H groups in total. The van der Waals surface area contributed by atoms with Gasteiger partial charge in [0.25, 0.3) is 5.91 Å². The highest BCUT2D eigenvalue weighted by Crippen LogP contribution is 2.31. The highest BCUT2D eigenvalue weighted by molar-refractivity contribution is 6.01. The molecule has 0 bridgehead atoms. The van der Waals surface area contributed by atoms with E-state index in [-0.39, 0.29) is 42.5 Å². The molecule has 4 atom stereocenters. The van der Waals surface area contributed by atoms with E-state index in [0.717, 1.165) is 22.3 Å². The molecular weight excluding hydrogens is 514 g/mol. The standard InChI is InChI=1S/C34H43N3O4/c1-24-20-37(25(2)22-38)33(39)30-18-12-11-17-29(30)28-16-10-9-15-27(28)23-41-32(24)21-36(5)34(40)31(35(3)4)19-26-13-7-6-8-14-26/h6-18,24-25,31-32,38H,19-23H2,1-5H3/t24-,25-,31+,32+/m0/s1. The van der Waals surface area contributed by atoms with Gasteiger partial charge < -0.3 is 19.6 Å². The molecule has 4 rings (SSSR count). The first-order valence-electron chi connectivity index (χ1n) is 14.4. The van der Waals surface area contributed by atoms with Crippen LogP contribution in [0.4, 0.5) is 0 Å². The lowest BCUT2D eigenvalue weighted by atomic mass is 9.94. The van der Waals surface area contributed by atoms with Crippen LogP contribution < -0.4 is 0 Å². The first-order valence-corrected chi connectivity index (χ1v) is 14.4. The van der Waals surface area contributed by atoms with E-state index in [1.807, 2.05) is 112 Å². The zero-order chi connectivity index (χ0) is 29.5. The van der Waals surface area contributed by atoms with Crippen LogP contribution in [0.5, 0.6) is 0 Å². The summed E-state index contributed by atoms with van der Waals surface area (Å²) in [6.45, 7) is 4.88. The number of nitrogens with zero attached hydrogens (tertiary/aromatic N) is 3. The summed E-state index contributed by atoms with van der Waals surface area (Å²) < 4.78 is 6.60. The number of hydrogen-bond donors (Lipinski definition) is 1. The zero-order valence-electron chi connectivity index (χ0n) is 24.9. The molecule has 3 aromatic rings. The van der Waals surface area contributed by atoms with Gasteiger partial charge in [-0.3, -0.25) is 14.5 Å². The maximum Gasteiger partial charge on any atom is 0.254 e. The highest BCUT2D eigenvalue weighted by atomic mass is 16.5. The Hall–Kier alpha value is -3.52. The molecule has 41 heavy (non-hydrogen) atoms. The van der Waals surface area contributed by atoms with Crippen molar-refractivity contribution in [2.24, 2.45) is 5.92 Å². The number of rotatable bonds is 8. The quantitative estimate of drug-likeness (QED) is 0.446. The Labute approximate surface area is 244 Å². The van der Waals surface area contributed by atoms with E-state index in [4.69, 9.17) is 4.74 Å². The second-order valence-corrected chi connectivity index (χ2v) is 11.4. The second kappa shape index (κ2) is 13.9. The van der Waals surface area contributed by atoms with Crippen LogP contribution in [-0.2, 0) is 22.6 Å². The number of aliphatic hydroxyl groups excluding tert-OH is 1. The molecule has 0 radical (unpaired) electrons. The Balaban J connectivity index is 1.65. The topological polar surface area (TPSA) is 73.3 Å². The average molecular weight is 558 g/mol.